The number of fused-ring (bicyclic) bond motifs is 3. The average Bonchev–Trinajstić information content (AvgIpc) is 3.92. The van der Waals surface area contributed by atoms with Crippen LogP contribution in [0, 0.1) is 12.3 Å². The Labute approximate surface area is 373 Å². The number of rotatable bonds is 9. The highest BCUT2D eigenvalue weighted by Crippen LogP contribution is 2.47. The largest absolute Gasteiger partial charge is 0.374 e. The topological polar surface area (TPSA) is 174 Å². The summed E-state index contributed by atoms with van der Waals surface area (Å²) in [5.74, 6) is 0.209. The maximum Gasteiger partial charge on any atom is 0.315 e. The van der Waals surface area contributed by atoms with Crippen molar-refractivity contribution in [2.75, 3.05) is 36.4 Å². The van der Waals surface area contributed by atoms with Crippen LogP contribution in [0.2, 0.25) is 0 Å². The van der Waals surface area contributed by atoms with Crippen LogP contribution in [-0.4, -0.2) is 86.0 Å². The third-order valence-corrected chi connectivity index (χ3v) is 14.7. The van der Waals surface area contributed by atoms with E-state index in [2.05, 4.69) is 113 Å². The van der Waals surface area contributed by atoms with Gasteiger partial charge in [-0.25, -0.2) is 9.97 Å². The van der Waals surface area contributed by atoms with Crippen LogP contribution in [0.15, 0.2) is 71.5 Å². The van der Waals surface area contributed by atoms with Gasteiger partial charge >= 0.3 is 11.8 Å². The van der Waals surface area contributed by atoms with Gasteiger partial charge in [0.05, 0.1) is 17.1 Å². The summed E-state index contributed by atoms with van der Waals surface area (Å²) < 4.78 is 5.27. The number of nitrogens with zero attached hydrogens (tertiary/aromatic N) is 6. The van der Waals surface area contributed by atoms with Gasteiger partial charge in [0.25, 0.3) is 0 Å². The smallest absolute Gasteiger partial charge is 0.315 e. The van der Waals surface area contributed by atoms with Crippen molar-refractivity contribution in [3.05, 3.63) is 95.4 Å². The van der Waals surface area contributed by atoms with Gasteiger partial charge in [-0.2, -0.15) is 4.98 Å². The third-order valence-electron chi connectivity index (χ3n) is 14.7. The highest BCUT2D eigenvalue weighted by atomic mass is 16.5. The molecule has 4 aliphatic rings. The summed E-state index contributed by atoms with van der Waals surface area (Å²) in [6.07, 6.45) is 9.94. The number of aromatic amines is 1. The van der Waals surface area contributed by atoms with Gasteiger partial charge < -0.3 is 29.9 Å². The van der Waals surface area contributed by atoms with E-state index in [-0.39, 0.29) is 35.2 Å². The Morgan fingerprint density at radius 2 is 1.69 bits per heavy atom. The number of benzene rings is 3. The zero-order valence-electron chi connectivity index (χ0n) is 37.5. The van der Waals surface area contributed by atoms with Crippen molar-refractivity contribution < 1.29 is 18.9 Å². The Bertz CT molecular complexity index is 2730. The lowest BCUT2D eigenvalue weighted by Crippen LogP contribution is -2.52. The molecule has 0 radical (unpaired) electrons. The summed E-state index contributed by atoms with van der Waals surface area (Å²) in [6.45, 7) is 14.4. The second kappa shape index (κ2) is 16.4. The van der Waals surface area contributed by atoms with Gasteiger partial charge in [0.15, 0.2) is 5.82 Å². The predicted molar refractivity (Wildman–Crippen MR) is 247 cm³/mol. The molecular formula is C50H58N10O4. The van der Waals surface area contributed by atoms with E-state index in [0.29, 0.717) is 36.0 Å². The highest BCUT2D eigenvalue weighted by molar-refractivity contribution is 6.12. The van der Waals surface area contributed by atoms with Gasteiger partial charge in [-0.15, -0.1) is 0 Å². The molecule has 14 nitrogen and oxygen atoms in total. The molecule has 332 valence electrons. The fourth-order valence-electron chi connectivity index (χ4n) is 10.5. The summed E-state index contributed by atoms with van der Waals surface area (Å²) in [5, 5.41) is 14.8. The Morgan fingerprint density at radius 3 is 2.39 bits per heavy atom. The van der Waals surface area contributed by atoms with Crippen molar-refractivity contribution in [1.29, 1.82) is 0 Å². The Kier molecular flexibility index (Phi) is 10.7. The lowest BCUT2D eigenvalue weighted by atomic mass is 9.69. The van der Waals surface area contributed by atoms with Crippen LogP contribution in [0.4, 0.5) is 11.4 Å². The van der Waals surface area contributed by atoms with Crippen LogP contribution in [0.5, 0.6) is 0 Å². The third kappa shape index (κ3) is 8.12. The molecule has 14 heteroatoms. The SMILES string of the molecule is Cc1cc(-c2ncnc3[nH]c4cc(N5CCC6(CC5)CCN(C5CC(c7ccc(NC8CCC(=O)NC8=O)cc7)C5)CC6)ccc4c23)ccc1[C@@H](C)NC(=O)c1nc(C(C)(C)C)no1. The van der Waals surface area contributed by atoms with E-state index in [0.717, 1.165) is 63.1 Å². The van der Waals surface area contributed by atoms with E-state index in [4.69, 9.17) is 9.51 Å². The standard InChI is InChI=1S/C50H58N10O4/c1-29-24-32(8-12-37(29)30(2)53-46(63)47-57-48(58-64-47)49(3,4)5)43-42-38-13-11-35(27-40(38)55-44(42)52-28-51-43)59-20-16-50(17-21-59)18-22-60(23-19-50)36-25-33(26-36)31-6-9-34(10-7-31)54-39-14-15-41(61)56-45(39)62/h6-13,24,27-28,30,33,36,39,54H,14-23,25-26H2,1-5H3,(H,53,63)(H,51,52,55)(H,56,61,62)/t30-,33?,36?,39?/m1/s1. The van der Waals surface area contributed by atoms with Crippen LogP contribution in [-0.2, 0) is 15.0 Å². The lowest BCUT2D eigenvalue weighted by molar-refractivity contribution is -0.133. The van der Waals surface area contributed by atoms with Gasteiger partial charge in [-0.05, 0) is 130 Å². The fourth-order valence-corrected chi connectivity index (χ4v) is 10.5. The summed E-state index contributed by atoms with van der Waals surface area (Å²) in [4.78, 5) is 59.3. The number of amides is 3. The molecule has 3 amide bonds. The number of piperidine rings is 3. The first-order chi connectivity index (χ1) is 30.8. The number of hydrogen-bond acceptors (Lipinski definition) is 11. The Balaban J connectivity index is 0.734. The van der Waals surface area contributed by atoms with Crippen molar-refractivity contribution in [2.45, 2.75) is 115 Å². The van der Waals surface area contributed by atoms with Crippen molar-refractivity contribution in [3.63, 3.8) is 0 Å². The monoisotopic (exact) mass is 862 g/mol. The number of nitrogens with one attached hydrogen (secondary N) is 4. The molecule has 1 aliphatic carbocycles. The van der Waals surface area contributed by atoms with E-state index < -0.39 is 5.91 Å². The quantitative estimate of drug-likeness (QED) is 0.103. The van der Waals surface area contributed by atoms with E-state index >= 15 is 0 Å². The first kappa shape index (κ1) is 41.8. The molecule has 10 rings (SSSR count). The first-order valence-corrected chi connectivity index (χ1v) is 23.0. The molecule has 4 fully saturated rings. The number of carbonyl (C=O) groups is 3. The average molecular weight is 863 g/mol. The maximum absolute atomic E-state index is 13.0. The van der Waals surface area contributed by atoms with E-state index in [9.17, 15) is 14.4 Å². The van der Waals surface area contributed by atoms with Crippen LogP contribution in [0.25, 0.3) is 33.2 Å². The molecule has 1 spiro atoms. The Morgan fingerprint density at radius 1 is 0.938 bits per heavy atom. The number of imide groups is 1. The van der Waals surface area contributed by atoms with Crippen molar-refractivity contribution in [2.24, 2.45) is 5.41 Å². The number of carbonyl (C=O) groups excluding carboxylic acids is 3. The zero-order valence-corrected chi connectivity index (χ0v) is 37.5. The molecule has 1 unspecified atom stereocenters. The van der Waals surface area contributed by atoms with Crippen molar-refractivity contribution in [3.8, 4) is 11.3 Å². The number of aromatic nitrogens is 5. The Hall–Kier alpha value is -6.15. The van der Waals surface area contributed by atoms with E-state index in [1.54, 1.807) is 6.33 Å². The molecule has 64 heavy (non-hydrogen) atoms. The normalized spacial score (nSPS) is 22.1. The van der Waals surface area contributed by atoms with Gasteiger partial charge in [0, 0.05) is 58.8 Å². The molecule has 6 heterocycles. The van der Waals surface area contributed by atoms with Crippen LogP contribution < -0.4 is 20.9 Å². The highest BCUT2D eigenvalue weighted by Gasteiger charge is 2.42. The van der Waals surface area contributed by atoms with Crippen LogP contribution >= 0.6 is 0 Å². The molecule has 1 saturated carbocycles. The number of aryl methyl sites for hydroxylation is 1. The van der Waals surface area contributed by atoms with Gasteiger partial charge in [-0.1, -0.05) is 56.3 Å². The number of H-pyrrole nitrogens is 1. The molecular weight excluding hydrogens is 805 g/mol. The van der Waals surface area contributed by atoms with Crippen molar-refractivity contribution in [1.82, 2.24) is 40.6 Å². The first-order valence-electron chi connectivity index (χ1n) is 23.0. The van der Waals surface area contributed by atoms with Gasteiger partial charge in [0.2, 0.25) is 11.8 Å². The van der Waals surface area contributed by atoms with Crippen LogP contribution in [0.3, 0.4) is 0 Å². The van der Waals surface area contributed by atoms with Gasteiger partial charge in [0.1, 0.15) is 18.0 Å². The minimum atomic E-state index is -0.399. The number of likely N-dealkylation sites (tertiary alicyclic amines) is 1. The van der Waals surface area contributed by atoms with Gasteiger partial charge in [-0.3, -0.25) is 19.7 Å². The maximum atomic E-state index is 13.0. The second-order valence-electron chi connectivity index (χ2n) is 19.9. The molecule has 3 saturated heterocycles. The molecule has 3 aromatic heterocycles. The summed E-state index contributed by atoms with van der Waals surface area (Å²) in [7, 11) is 0. The minimum Gasteiger partial charge on any atom is -0.374 e. The molecule has 2 atom stereocenters. The van der Waals surface area contributed by atoms with E-state index in [1.165, 1.54) is 62.9 Å². The van der Waals surface area contributed by atoms with Crippen LogP contribution in [0.1, 0.15) is 124 Å². The minimum absolute atomic E-state index is 0.0395. The molecule has 4 N–H and O–H groups in total. The summed E-state index contributed by atoms with van der Waals surface area (Å²) in [6, 6.07) is 21.6. The number of anilines is 2. The fraction of sp³-hybridized carbons (Fsp3) is 0.460. The molecule has 3 aliphatic heterocycles. The van der Waals surface area contributed by atoms with E-state index in [1.807, 2.05) is 27.7 Å². The predicted octanol–water partition coefficient (Wildman–Crippen LogP) is 8.10. The summed E-state index contributed by atoms with van der Waals surface area (Å²) in [5.41, 5.74) is 9.40. The molecule has 3 aromatic carbocycles. The number of hydrogen-bond donors (Lipinski definition) is 4. The summed E-state index contributed by atoms with van der Waals surface area (Å²) >= 11 is 0. The lowest BCUT2D eigenvalue weighted by Gasteiger charge is -2.51. The molecule has 0 bridgehead atoms. The second-order valence-corrected chi connectivity index (χ2v) is 19.9. The van der Waals surface area contributed by atoms with Crippen molar-refractivity contribution >= 4 is 51.0 Å². The zero-order chi connectivity index (χ0) is 44.3. The molecule has 6 aromatic rings.